The summed E-state index contributed by atoms with van der Waals surface area (Å²) >= 11 is 0. The van der Waals surface area contributed by atoms with E-state index in [0.29, 0.717) is 17.1 Å². The maximum absolute atomic E-state index is 13.5. The van der Waals surface area contributed by atoms with Gasteiger partial charge in [0.05, 0.1) is 28.7 Å². The molecule has 0 atom stereocenters. The second-order valence-corrected chi connectivity index (χ2v) is 8.67. The quantitative estimate of drug-likeness (QED) is 0.604. The number of nitrogens with zero attached hydrogens (tertiary/aromatic N) is 2. The van der Waals surface area contributed by atoms with E-state index in [2.05, 4.69) is 10.3 Å². The molecule has 0 bridgehead atoms. The van der Waals surface area contributed by atoms with Crippen LogP contribution in [0.4, 0.5) is 4.39 Å². The molecule has 0 spiro atoms. The molecule has 0 radical (unpaired) electrons. The molecule has 0 saturated carbocycles. The molecule has 2 aromatic carbocycles. The number of carbonyl (C=O) groups excluding carboxylic acids is 1. The molecule has 10 heteroatoms. The zero-order chi connectivity index (χ0) is 21.9. The van der Waals surface area contributed by atoms with Gasteiger partial charge in [-0.3, -0.25) is 14.2 Å². The van der Waals surface area contributed by atoms with E-state index < -0.39 is 27.1 Å². The van der Waals surface area contributed by atoms with E-state index in [-0.39, 0.29) is 29.1 Å². The highest BCUT2D eigenvalue weighted by Crippen LogP contribution is 2.16. The monoisotopic (exact) mass is 433 g/mol. The van der Waals surface area contributed by atoms with Crippen molar-refractivity contribution >= 4 is 26.6 Å². The first kappa shape index (κ1) is 21.4. The molecule has 0 unspecified atom stereocenters. The number of hydrogen-bond acceptors (Lipinski definition) is 6. The van der Waals surface area contributed by atoms with Gasteiger partial charge in [-0.1, -0.05) is 0 Å². The lowest BCUT2D eigenvalue weighted by molar-refractivity contribution is -0.121. The Morgan fingerprint density at radius 3 is 2.57 bits per heavy atom. The van der Waals surface area contributed by atoms with Crippen molar-refractivity contribution in [2.24, 2.45) is 0 Å². The third-order valence-corrected chi connectivity index (χ3v) is 6.25. The highest BCUT2D eigenvalue weighted by atomic mass is 32.2. The summed E-state index contributed by atoms with van der Waals surface area (Å²) in [5.74, 6) is -0.611. The van der Waals surface area contributed by atoms with Gasteiger partial charge in [0.15, 0.2) is 9.84 Å². The van der Waals surface area contributed by atoms with E-state index in [4.69, 9.17) is 4.74 Å². The molecule has 1 N–H and O–H groups in total. The molecule has 3 rings (SSSR count). The minimum absolute atomic E-state index is 0.0653. The van der Waals surface area contributed by atoms with Crippen LogP contribution in [-0.2, 0) is 21.2 Å². The van der Waals surface area contributed by atoms with Gasteiger partial charge in [0.1, 0.15) is 23.9 Å². The van der Waals surface area contributed by atoms with Gasteiger partial charge in [-0.2, -0.15) is 0 Å². The van der Waals surface area contributed by atoms with Gasteiger partial charge in [0.2, 0.25) is 5.91 Å². The fourth-order valence-corrected chi connectivity index (χ4v) is 4.07. The Bertz CT molecular complexity index is 1250. The van der Waals surface area contributed by atoms with Crippen LogP contribution in [0.1, 0.15) is 5.82 Å². The van der Waals surface area contributed by atoms with Crippen molar-refractivity contribution in [1.29, 1.82) is 0 Å². The summed E-state index contributed by atoms with van der Waals surface area (Å²) in [7, 11) is -2.12. The molecule has 3 aromatic rings. The van der Waals surface area contributed by atoms with Gasteiger partial charge in [-0.25, -0.2) is 17.8 Å². The van der Waals surface area contributed by atoms with Gasteiger partial charge in [-0.05, 0) is 49.4 Å². The number of fused-ring (bicyclic) bond motifs is 1. The lowest BCUT2D eigenvalue weighted by atomic mass is 10.2. The highest BCUT2D eigenvalue weighted by Gasteiger charge is 2.16. The zero-order valence-corrected chi connectivity index (χ0v) is 17.2. The van der Waals surface area contributed by atoms with Crippen molar-refractivity contribution in [2.75, 3.05) is 19.4 Å². The van der Waals surface area contributed by atoms with Crippen LogP contribution in [0.2, 0.25) is 0 Å². The standard InChI is InChI=1S/C20H20FN3O5S/c1-13-23-18-8-3-14(21)11-17(18)20(26)24(13)12-19(25)22-9-10-30(27,28)16-6-4-15(29-2)5-7-16/h3-8,11H,9-10,12H2,1-2H3,(H,22,25). The molecule has 1 heterocycles. The Hall–Kier alpha value is -3.27. The van der Waals surface area contributed by atoms with Gasteiger partial charge in [-0.15, -0.1) is 0 Å². The fraction of sp³-hybridized carbons (Fsp3) is 0.250. The second kappa shape index (κ2) is 8.62. The molecule has 1 aromatic heterocycles. The van der Waals surface area contributed by atoms with Crippen LogP contribution < -0.4 is 15.6 Å². The number of amides is 1. The van der Waals surface area contributed by atoms with Crippen molar-refractivity contribution < 1.29 is 22.3 Å². The van der Waals surface area contributed by atoms with Crippen LogP contribution in [-0.4, -0.2) is 43.3 Å². The van der Waals surface area contributed by atoms with E-state index in [9.17, 15) is 22.4 Å². The van der Waals surface area contributed by atoms with Gasteiger partial charge < -0.3 is 10.1 Å². The maximum Gasteiger partial charge on any atom is 0.261 e. The number of rotatable bonds is 7. The second-order valence-electron chi connectivity index (χ2n) is 6.56. The topological polar surface area (TPSA) is 107 Å². The molecule has 0 aliphatic rings. The predicted octanol–water partition coefficient (Wildman–Crippen LogP) is 1.44. The first-order valence-corrected chi connectivity index (χ1v) is 10.7. The van der Waals surface area contributed by atoms with Crippen molar-refractivity contribution in [3.8, 4) is 5.75 Å². The number of ether oxygens (including phenoxy) is 1. The van der Waals surface area contributed by atoms with Crippen molar-refractivity contribution in [3.05, 3.63) is 64.5 Å². The smallest absolute Gasteiger partial charge is 0.261 e. The number of benzene rings is 2. The van der Waals surface area contributed by atoms with Crippen molar-refractivity contribution in [1.82, 2.24) is 14.9 Å². The fourth-order valence-electron chi connectivity index (χ4n) is 2.92. The Labute approximate surface area is 172 Å². The van der Waals surface area contributed by atoms with Gasteiger partial charge in [0.25, 0.3) is 5.56 Å². The highest BCUT2D eigenvalue weighted by molar-refractivity contribution is 7.91. The summed E-state index contributed by atoms with van der Waals surface area (Å²) in [5.41, 5.74) is -0.209. The number of nitrogens with one attached hydrogen (secondary N) is 1. The molecule has 0 fully saturated rings. The first-order chi connectivity index (χ1) is 14.2. The summed E-state index contributed by atoms with van der Waals surface area (Å²) in [5, 5.41) is 2.55. The summed E-state index contributed by atoms with van der Waals surface area (Å²) in [6, 6.07) is 9.60. The van der Waals surface area contributed by atoms with E-state index in [0.717, 1.165) is 10.6 Å². The lowest BCUT2D eigenvalue weighted by Crippen LogP contribution is -2.36. The molecule has 8 nitrogen and oxygen atoms in total. The molecule has 30 heavy (non-hydrogen) atoms. The van der Waals surface area contributed by atoms with Crippen LogP contribution in [0.3, 0.4) is 0 Å². The van der Waals surface area contributed by atoms with Crippen LogP contribution in [0.5, 0.6) is 5.75 Å². The van der Waals surface area contributed by atoms with E-state index in [1.165, 1.54) is 43.5 Å². The normalized spacial score (nSPS) is 11.4. The van der Waals surface area contributed by atoms with Crippen molar-refractivity contribution in [3.63, 3.8) is 0 Å². The molecular formula is C20H20FN3O5S. The Balaban J connectivity index is 1.66. The summed E-state index contributed by atoms with van der Waals surface area (Å²) in [6.07, 6.45) is 0. The average molecular weight is 433 g/mol. The maximum atomic E-state index is 13.5. The number of hydrogen-bond donors (Lipinski definition) is 1. The first-order valence-electron chi connectivity index (χ1n) is 9.01. The Morgan fingerprint density at radius 1 is 1.20 bits per heavy atom. The number of aromatic nitrogens is 2. The average Bonchev–Trinajstić information content (AvgIpc) is 2.71. The van der Waals surface area contributed by atoms with Crippen molar-refractivity contribution in [2.45, 2.75) is 18.4 Å². The summed E-state index contributed by atoms with van der Waals surface area (Å²) < 4.78 is 44.3. The third kappa shape index (κ3) is 4.65. The van der Waals surface area contributed by atoms with Crippen LogP contribution >= 0.6 is 0 Å². The minimum Gasteiger partial charge on any atom is -0.497 e. The Kier molecular flexibility index (Phi) is 6.16. The van der Waals surface area contributed by atoms with E-state index in [1.54, 1.807) is 6.92 Å². The molecule has 0 aliphatic carbocycles. The molecule has 0 aliphatic heterocycles. The van der Waals surface area contributed by atoms with Crippen LogP contribution in [0, 0.1) is 12.7 Å². The summed E-state index contributed by atoms with van der Waals surface area (Å²) in [6.45, 7) is 1.08. The number of methoxy groups -OCH3 is 1. The zero-order valence-electron chi connectivity index (χ0n) is 16.4. The Morgan fingerprint density at radius 2 is 1.90 bits per heavy atom. The van der Waals surface area contributed by atoms with Crippen LogP contribution in [0.15, 0.2) is 52.2 Å². The largest absolute Gasteiger partial charge is 0.497 e. The lowest BCUT2D eigenvalue weighted by Gasteiger charge is -2.11. The molecule has 0 saturated heterocycles. The van der Waals surface area contributed by atoms with Gasteiger partial charge in [0, 0.05) is 6.54 Å². The number of halogens is 1. The molecule has 158 valence electrons. The predicted molar refractivity (Wildman–Crippen MR) is 109 cm³/mol. The van der Waals surface area contributed by atoms with Gasteiger partial charge >= 0.3 is 0 Å². The van der Waals surface area contributed by atoms with E-state index >= 15 is 0 Å². The van der Waals surface area contributed by atoms with E-state index in [1.807, 2.05) is 0 Å². The minimum atomic E-state index is -3.60. The molecule has 1 amide bonds. The summed E-state index contributed by atoms with van der Waals surface area (Å²) in [4.78, 5) is 29.1. The third-order valence-electron chi connectivity index (χ3n) is 4.52. The van der Waals surface area contributed by atoms with Crippen LogP contribution in [0.25, 0.3) is 10.9 Å². The number of sulfone groups is 1. The number of aryl methyl sites for hydroxylation is 1. The number of carbonyl (C=O) groups is 1. The SMILES string of the molecule is COc1ccc(S(=O)(=O)CCNC(=O)Cn2c(C)nc3ccc(F)cc3c2=O)cc1. The molecular weight excluding hydrogens is 413 g/mol.